The normalized spacial score (nSPS) is 10.3. The van der Waals surface area contributed by atoms with Crippen LogP contribution >= 0.6 is 23.4 Å². The number of amides is 1. The molecule has 0 fully saturated rings. The lowest BCUT2D eigenvalue weighted by molar-refractivity contribution is -0.115. The van der Waals surface area contributed by atoms with Gasteiger partial charge in [0, 0.05) is 27.8 Å². The number of anilines is 1. The third kappa shape index (κ3) is 4.58. The summed E-state index contributed by atoms with van der Waals surface area (Å²) in [6.07, 6.45) is 0.477. The number of carbonyl (C=O) groups is 1. The van der Waals surface area contributed by atoms with Crippen molar-refractivity contribution in [2.24, 2.45) is 0 Å². The molecule has 0 bridgehead atoms. The van der Waals surface area contributed by atoms with Gasteiger partial charge in [-0.3, -0.25) is 4.79 Å². The number of aryl methyl sites for hydroxylation is 1. The van der Waals surface area contributed by atoms with E-state index in [9.17, 15) is 4.79 Å². The molecule has 0 aromatic heterocycles. The fourth-order valence-corrected chi connectivity index (χ4v) is 2.73. The number of thioether (sulfide) groups is 1. The van der Waals surface area contributed by atoms with Gasteiger partial charge in [0.25, 0.3) is 0 Å². The Morgan fingerprint density at radius 1 is 1.20 bits per heavy atom. The van der Waals surface area contributed by atoms with Gasteiger partial charge in [-0.25, -0.2) is 0 Å². The van der Waals surface area contributed by atoms with E-state index in [2.05, 4.69) is 5.32 Å². The molecule has 0 saturated carbocycles. The first-order chi connectivity index (χ1) is 9.65. The van der Waals surface area contributed by atoms with Gasteiger partial charge in [0.1, 0.15) is 0 Å². The van der Waals surface area contributed by atoms with E-state index in [1.165, 1.54) is 4.90 Å². The van der Waals surface area contributed by atoms with E-state index in [1.54, 1.807) is 17.8 Å². The minimum atomic E-state index is 0.00773. The Balaban J connectivity index is 1.79. The molecule has 0 atom stereocenters. The zero-order valence-electron chi connectivity index (χ0n) is 11.2. The van der Waals surface area contributed by atoms with Crippen LogP contribution < -0.4 is 5.32 Å². The first kappa shape index (κ1) is 14.9. The summed E-state index contributed by atoms with van der Waals surface area (Å²) in [5.74, 6) is 0.767. The van der Waals surface area contributed by atoms with E-state index in [4.69, 9.17) is 11.6 Å². The fraction of sp³-hybridized carbons (Fsp3) is 0.188. The SMILES string of the molecule is Cc1ccc(NC(=O)CCSc2ccccc2)cc1Cl. The Kier molecular flexibility index (Phi) is 5.50. The lowest BCUT2D eigenvalue weighted by atomic mass is 10.2. The Morgan fingerprint density at radius 2 is 1.95 bits per heavy atom. The Bertz CT molecular complexity index is 586. The van der Waals surface area contributed by atoms with Crippen LogP contribution in [-0.4, -0.2) is 11.7 Å². The van der Waals surface area contributed by atoms with Crippen molar-refractivity contribution in [1.29, 1.82) is 0 Å². The van der Waals surface area contributed by atoms with Crippen LogP contribution in [-0.2, 0) is 4.79 Å². The molecule has 0 radical (unpaired) electrons. The van der Waals surface area contributed by atoms with Gasteiger partial charge in [0.05, 0.1) is 0 Å². The summed E-state index contributed by atoms with van der Waals surface area (Å²) < 4.78 is 0. The van der Waals surface area contributed by atoms with Crippen molar-refractivity contribution in [3.63, 3.8) is 0 Å². The molecule has 2 rings (SSSR count). The fourth-order valence-electron chi connectivity index (χ4n) is 1.67. The minimum absolute atomic E-state index is 0.00773. The second kappa shape index (κ2) is 7.36. The maximum absolute atomic E-state index is 11.8. The van der Waals surface area contributed by atoms with E-state index in [0.29, 0.717) is 11.4 Å². The van der Waals surface area contributed by atoms with Crippen LogP contribution in [0.2, 0.25) is 5.02 Å². The average Bonchev–Trinajstić information content (AvgIpc) is 2.44. The second-order valence-corrected chi connectivity index (χ2v) is 6.00. The van der Waals surface area contributed by atoms with Gasteiger partial charge in [0.2, 0.25) is 5.91 Å². The average molecular weight is 306 g/mol. The highest BCUT2D eigenvalue weighted by molar-refractivity contribution is 7.99. The van der Waals surface area contributed by atoms with Crippen molar-refractivity contribution in [2.45, 2.75) is 18.2 Å². The predicted molar refractivity (Wildman–Crippen MR) is 86.6 cm³/mol. The summed E-state index contributed by atoms with van der Waals surface area (Å²) in [4.78, 5) is 13.0. The number of nitrogens with one attached hydrogen (secondary N) is 1. The number of halogens is 1. The maximum Gasteiger partial charge on any atom is 0.225 e. The van der Waals surface area contributed by atoms with Crippen molar-refractivity contribution < 1.29 is 4.79 Å². The third-order valence-electron chi connectivity index (χ3n) is 2.80. The summed E-state index contributed by atoms with van der Waals surface area (Å²) in [5.41, 5.74) is 1.75. The molecule has 104 valence electrons. The molecule has 2 aromatic rings. The van der Waals surface area contributed by atoms with Crippen LogP contribution in [0.25, 0.3) is 0 Å². The van der Waals surface area contributed by atoms with Gasteiger partial charge >= 0.3 is 0 Å². The van der Waals surface area contributed by atoms with E-state index >= 15 is 0 Å². The van der Waals surface area contributed by atoms with Gasteiger partial charge in [-0.2, -0.15) is 0 Å². The zero-order valence-corrected chi connectivity index (χ0v) is 12.8. The highest BCUT2D eigenvalue weighted by atomic mass is 35.5. The van der Waals surface area contributed by atoms with E-state index < -0.39 is 0 Å². The molecule has 2 aromatic carbocycles. The quantitative estimate of drug-likeness (QED) is 0.806. The van der Waals surface area contributed by atoms with Gasteiger partial charge in [-0.15, -0.1) is 11.8 Å². The molecular weight excluding hydrogens is 290 g/mol. The Morgan fingerprint density at radius 3 is 2.65 bits per heavy atom. The van der Waals surface area contributed by atoms with Gasteiger partial charge in [-0.1, -0.05) is 35.9 Å². The molecule has 20 heavy (non-hydrogen) atoms. The van der Waals surface area contributed by atoms with Crippen LogP contribution in [0.5, 0.6) is 0 Å². The molecule has 0 aliphatic heterocycles. The van der Waals surface area contributed by atoms with Gasteiger partial charge in [-0.05, 0) is 36.8 Å². The highest BCUT2D eigenvalue weighted by Crippen LogP contribution is 2.21. The number of carbonyl (C=O) groups excluding carboxylic acids is 1. The number of hydrogen-bond acceptors (Lipinski definition) is 2. The molecule has 0 spiro atoms. The maximum atomic E-state index is 11.8. The molecule has 0 aliphatic rings. The molecule has 1 N–H and O–H groups in total. The first-order valence-corrected chi connectivity index (χ1v) is 7.75. The van der Waals surface area contributed by atoms with E-state index in [-0.39, 0.29) is 5.91 Å². The van der Waals surface area contributed by atoms with Crippen LogP contribution in [0.1, 0.15) is 12.0 Å². The Labute approximate surface area is 128 Å². The third-order valence-corrected chi connectivity index (χ3v) is 4.22. The summed E-state index contributed by atoms with van der Waals surface area (Å²) in [6.45, 7) is 1.93. The van der Waals surface area contributed by atoms with Gasteiger partial charge < -0.3 is 5.32 Å². The first-order valence-electron chi connectivity index (χ1n) is 6.39. The smallest absolute Gasteiger partial charge is 0.225 e. The molecule has 0 saturated heterocycles. The predicted octanol–water partition coefficient (Wildman–Crippen LogP) is 4.77. The molecule has 0 aliphatic carbocycles. The van der Waals surface area contributed by atoms with Crippen molar-refractivity contribution in [2.75, 3.05) is 11.1 Å². The van der Waals surface area contributed by atoms with Crippen molar-refractivity contribution in [3.05, 3.63) is 59.1 Å². The molecule has 4 heteroatoms. The highest BCUT2D eigenvalue weighted by Gasteiger charge is 2.04. The van der Waals surface area contributed by atoms with Crippen molar-refractivity contribution >= 4 is 35.0 Å². The van der Waals surface area contributed by atoms with Crippen LogP contribution in [0.3, 0.4) is 0 Å². The molecule has 1 amide bonds. The number of rotatable bonds is 5. The van der Waals surface area contributed by atoms with Crippen LogP contribution in [0, 0.1) is 6.92 Å². The lowest BCUT2D eigenvalue weighted by Crippen LogP contribution is -2.12. The second-order valence-electron chi connectivity index (χ2n) is 4.42. The zero-order chi connectivity index (χ0) is 14.4. The van der Waals surface area contributed by atoms with E-state index in [0.717, 1.165) is 17.0 Å². The summed E-state index contributed by atoms with van der Waals surface area (Å²) in [7, 11) is 0. The number of benzene rings is 2. The summed E-state index contributed by atoms with van der Waals surface area (Å²) in [5, 5.41) is 3.53. The largest absolute Gasteiger partial charge is 0.326 e. The van der Waals surface area contributed by atoms with Crippen molar-refractivity contribution in [1.82, 2.24) is 0 Å². The standard InChI is InChI=1S/C16H16ClNOS/c1-12-7-8-13(11-15(12)17)18-16(19)9-10-20-14-5-3-2-4-6-14/h2-8,11H,9-10H2,1H3,(H,18,19). The minimum Gasteiger partial charge on any atom is -0.326 e. The Hall–Kier alpha value is -1.45. The monoisotopic (exact) mass is 305 g/mol. The lowest BCUT2D eigenvalue weighted by Gasteiger charge is -2.07. The summed E-state index contributed by atoms with van der Waals surface area (Å²) in [6, 6.07) is 15.6. The van der Waals surface area contributed by atoms with Crippen LogP contribution in [0.15, 0.2) is 53.4 Å². The molecule has 0 heterocycles. The summed E-state index contributed by atoms with van der Waals surface area (Å²) >= 11 is 7.70. The van der Waals surface area contributed by atoms with Crippen molar-refractivity contribution in [3.8, 4) is 0 Å². The number of hydrogen-bond donors (Lipinski definition) is 1. The molecule has 0 unspecified atom stereocenters. The van der Waals surface area contributed by atoms with E-state index in [1.807, 2.05) is 49.4 Å². The van der Waals surface area contributed by atoms with Gasteiger partial charge in [0.15, 0.2) is 0 Å². The topological polar surface area (TPSA) is 29.1 Å². The molecule has 2 nitrogen and oxygen atoms in total. The molecular formula is C16H16ClNOS. The van der Waals surface area contributed by atoms with Crippen LogP contribution in [0.4, 0.5) is 5.69 Å².